The van der Waals surface area contributed by atoms with Crippen LogP contribution in [0.25, 0.3) is 17.2 Å². The predicted molar refractivity (Wildman–Crippen MR) is 45.7 cm³/mol. The van der Waals surface area contributed by atoms with E-state index in [0.29, 0.717) is 0 Å². The number of benzene rings is 1. The summed E-state index contributed by atoms with van der Waals surface area (Å²) in [5, 5.41) is 0. The molecule has 3 nitrogen and oxygen atoms in total. The minimum Gasteiger partial charge on any atom is -0.461 e. The van der Waals surface area contributed by atoms with Crippen LogP contribution in [0.2, 0.25) is 0 Å². The molecule has 1 aliphatic heterocycles. The van der Waals surface area contributed by atoms with Crippen molar-refractivity contribution in [2.45, 2.75) is 0 Å². The predicted octanol–water partition coefficient (Wildman–Crippen LogP) is 1.86. The van der Waals surface area contributed by atoms with Crippen LogP contribution in [0.15, 0.2) is 30.8 Å². The molecule has 58 valence electrons. The molecular formula is C9H6N2O. The van der Waals surface area contributed by atoms with Crippen LogP contribution in [0.3, 0.4) is 0 Å². The third-order valence-corrected chi connectivity index (χ3v) is 1.97. The Hall–Kier alpha value is -1.77. The van der Waals surface area contributed by atoms with Crippen LogP contribution in [0.4, 0.5) is 0 Å². The summed E-state index contributed by atoms with van der Waals surface area (Å²) in [6.45, 7) is 0. The highest BCUT2D eigenvalue weighted by Crippen LogP contribution is 2.27. The van der Waals surface area contributed by atoms with Crippen molar-refractivity contribution in [2.75, 3.05) is 0 Å². The van der Waals surface area contributed by atoms with Crippen LogP contribution < -0.4 is 4.74 Å². The van der Waals surface area contributed by atoms with Gasteiger partial charge in [-0.25, -0.2) is 4.98 Å². The van der Waals surface area contributed by atoms with Gasteiger partial charge in [0, 0.05) is 6.20 Å². The number of hydrogen-bond donors (Lipinski definition) is 0. The number of imidazole rings is 1. The molecule has 1 aliphatic rings. The molecule has 0 N–H and O–H groups in total. The molecule has 0 spiro atoms. The van der Waals surface area contributed by atoms with Gasteiger partial charge in [0.25, 0.3) is 0 Å². The largest absolute Gasteiger partial charge is 0.461 e. The fourth-order valence-corrected chi connectivity index (χ4v) is 1.43. The van der Waals surface area contributed by atoms with Crippen LogP contribution in [0.1, 0.15) is 0 Å². The molecule has 2 aromatic rings. The summed E-state index contributed by atoms with van der Waals surface area (Å²) in [6.07, 6.45) is 5.29. The monoisotopic (exact) mass is 158 g/mol. The number of rotatable bonds is 0. The van der Waals surface area contributed by atoms with E-state index in [1.807, 2.05) is 29.0 Å². The molecule has 3 rings (SSSR count). The first-order valence-electron chi connectivity index (χ1n) is 3.74. The van der Waals surface area contributed by atoms with Gasteiger partial charge in [0.2, 0.25) is 0 Å². The zero-order chi connectivity index (χ0) is 7.97. The van der Waals surface area contributed by atoms with Gasteiger partial charge in [-0.05, 0) is 12.1 Å². The number of hydrogen-bond acceptors (Lipinski definition) is 2. The Labute approximate surface area is 68.9 Å². The van der Waals surface area contributed by atoms with Gasteiger partial charge < -0.3 is 4.74 Å². The molecule has 12 heavy (non-hydrogen) atoms. The normalized spacial score (nSPS) is 13.3. The Morgan fingerprint density at radius 3 is 3.33 bits per heavy atom. The van der Waals surface area contributed by atoms with Crippen molar-refractivity contribution in [3.8, 4) is 5.75 Å². The summed E-state index contributed by atoms with van der Waals surface area (Å²) >= 11 is 0. The van der Waals surface area contributed by atoms with Gasteiger partial charge in [-0.2, -0.15) is 0 Å². The van der Waals surface area contributed by atoms with Crippen LogP contribution >= 0.6 is 0 Å². The first kappa shape index (κ1) is 5.83. The second kappa shape index (κ2) is 1.88. The van der Waals surface area contributed by atoms with Gasteiger partial charge in [0.1, 0.15) is 18.1 Å². The maximum absolute atomic E-state index is 5.31. The molecule has 1 aromatic carbocycles. The maximum Gasteiger partial charge on any atom is 0.152 e. The van der Waals surface area contributed by atoms with Crippen molar-refractivity contribution in [1.82, 2.24) is 9.55 Å². The number of aromatic nitrogens is 2. The Morgan fingerprint density at radius 1 is 1.33 bits per heavy atom. The third kappa shape index (κ3) is 0.580. The smallest absolute Gasteiger partial charge is 0.152 e. The summed E-state index contributed by atoms with van der Waals surface area (Å²) in [4.78, 5) is 4.22. The van der Waals surface area contributed by atoms with Crippen LogP contribution in [-0.4, -0.2) is 9.55 Å². The van der Waals surface area contributed by atoms with Crippen molar-refractivity contribution in [3.05, 3.63) is 30.8 Å². The molecule has 0 unspecified atom stereocenters. The lowest BCUT2D eigenvalue weighted by atomic mass is 10.3. The molecule has 0 amide bonds. The minimum absolute atomic E-state index is 0.868. The van der Waals surface area contributed by atoms with E-state index in [1.165, 1.54) is 0 Å². The molecule has 0 bridgehead atoms. The van der Waals surface area contributed by atoms with E-state index in [9.17, 15) is 0 Å². The van der Waals surface area contributed by atoms with Crippen molar-refractivity contribution in [3.63, 3.8) is 0 Å². The summed E-state index contributed by atoms with van der Waals surface area (Å²) in [6, 6.07) is 5.84. The maximum atomic E-state index is 5.31. The van der Waals surface area contributed by atoms with Gasteiger partial charge in [0.05, 0.1) is 5.52 Å². The molecule has 3 heteroatoms. The summed E-state index contributed by atoms with van der Waals surface area (Å²) in [5.74, 6) is 0.868. The van der Waals surface area contributed by atoms with Gasteiger partial charge in [-0.3, -0.25) is 4.57 Å². The Balaban J connectivity index is 2.57. The highest BCUT2D eigenvalue weighted by Gasteiger charge is 2.09. The second-order valence-electron chi connectivity index (χ2n) is 2.68. The lowest BCUT2D eigenvalue weighted by molar-refractivity contribution is 0.481. The summed E-state index contributed by atoms with van der Waals surface area (Å²) < 4.78 is 7.26. The molecule has 0 fully saturated rings. The summed E-state index contributed by atoms with van der Waals surface area (Å²) in [7, 11) is 0. The highest BCUT2D eigenvalue weighted by atomic mass is 16.5. The average molecular weight is 158 g/mol. The molecule has 2 heterocycles. The second-order valence-corrected chi connectivity index (χ2v) is 2.68. The van der Waals surface area contributed by atoms with E-state index in [2.05, 4.69) is 4.98 Å². The molecule has 0 aliphatic carbocycles. The molecular weight excluding hydrogens is 152 g/mol. The van der Waals surface area contributed by atoms with E-state index in [-0.39, 0.29) is 0 Å². The zero-order valence-corrected chi connectivity index (χ0v) is 6.27. The summed E-state index contributed by atoms with van der Waals surface area (Å²) in [5.41, 5.74) is 2.01. The SMILES string of the molecule is C1=Cn2cnc3cccc(c32)O1. The topological polar surface area (TPSA) is 27.1 Å². The third-order valence-electron chi connectivity index (χ3n) is 1.97. The molecule has 0 radical (unpaired) electrons. The van der Waals surface area contributed by atoms with Gasteiger partial charge >= 0.3 is 0 Å². The Kier molecular flexibility index (Phi) is 0.913. The van der Waals surface area contributed by atoms with Gasteiger partial charge in [0.15, 0.2) is 5.75 Å². The van der Waals surface area contributed by atoms with Gasteiger partial charge in [-0.15, -0.1) is 0 Å². The Bertz CT molecular complexity index is 470. The average Bonchev–Trinajstić information content (AvgIpc) is 2.52. The van der Waals surface area contributed by atoms with Crippen molar-refractivity contribution >= 4 is 17.2 Å². The fourth-order valence-electron chi connectivity index (χ4n) is 1.43. The molecule has 0 saturated heterocycles. The molecule has 1 aromatic heterocycles. The first-order valence-corrected chi connectivity index (χ1v) is 3.74. The van der Waals surface area contributed by atoms with Crippen molar-refractivity contribution in [2.24, 2.45) is 0 Å². The quantitative estimate of drug-likeness (QED) is 0.585. The minimum atomic E-state index is 0.868. The highest BCUT2D eigenvalue weighted by molar-refractivity contribution is 5.84. The van der Waals surface area contributed by atoms with Crippen LogP contribution in [0.5, 0.6) is 5.75 Å². The lowest BCUT2D eigenvalue weighted by Crippen LogP contribution is -1.94. The van der Waals surface area contributed by atoms with Crippen molar-refractivity contribution in [1.29, 1.82) is 0 Å². The lowest BCUT2D eigenvalue weighted by Gasteiger charge is -2.08. The van der Waals surface area contributed by atoms with E-state index in [4.69, 9.17) is 4.74 Å². The van der Waals surface area contributed by atoms with E-state index < -0.39 is 0 Å². The van der Waals surface area contributed by atoms with Gasteiger partial charge in [-0.1, -0.05) is 6.07 Å². The standard InChI is InChI=1S/C9H6N2O/c1-2-7-9-8(3-1)12-5-4-11(9)6-10-7/h1-6H. The van der Waals surface area contributed by atoms with E-state index in [0.717, 1.165) is 16.8 Å². The first-order chi connectivity index (χ1) is 5.95. The number of nitrogens with zero attached hydrogens (tertiary/aromatic N) is 2. The van der Waals surface area contributed by atoms with Crippen LogP contribution in [-0.2, 0) is 0 Å². The van der Waals surface area contributed by atoms with E-state index in [1.54, 1.807) is 12.6 Å². The molecule has 0 atom stereocenters. The number of ether oxygens (including phenoxy) is 1. The van der Waals surface area contributed by atoms with Crippen LogP contribution in [0, 0.1) is 0 Å². The number of para-hydroxylation sites is 1. The zero-order valence-electron chi connectivity index (χ0n) is 6.27. The molecule has 0 saturated carbocycles. The fraction of sp³-hybridized carbons (Fsp3) is 0. The van der Waals surface area contributed by atoms with E-state index >= 15 is 0 Å². The Morgan fingerprint density at radius 2 is 2.33 bits per heavy atom. The van der Waals surface area contributed by atoms with Crippen molar-refractivity contribution < 1.29 is 4.74 Å².